The first kappa shape index (κ1) is 28.3. The Morgan fingerprint density at radius 3 is 2.64 bits per heavy atom. The minimum atomic E-state index is -4.60. The quantitative estimate of drug-likeness (QED) is 0.251. The number of pyridine rings is 1. The lowest BCUT2D eigenvalue weighted by Gasteiger charge is -2.25. The van der Waals surface area contributed by atoms with E-state index < -0.39 is 17.6 Å². The standard InChI is InChI=1S/C31H28F3N7O/c1-4-35-30-38-28-15-22(12-14-41(28)39-30)6-8-23-16-24(7-5-21(23)3)29(42)37-26-10-9-25(27(17-26)31(32,33)34)19-40-13-11-20(2)18-36-40/h5,7,9-18,36H,4,19H2,1-3H3,(H,35,39)(H,37,42). The number of carbonyl (C=O) groups excluding carboxylic acids is 1. The summed E-state index contributed by atoms with van der Waals surface area (Å²) in [5, 5.41) is 11.5. The Morgan fingerprint density at radius 2 is 1.90 bits per heavy atom. The highest BCUT2D eigenvalue weighted by Gasteiger charge is 2.34. The van der Waals surface area contributed by atoms with Crippen molar-refractivity contribution in [1.82, 2.24) is 25.0 Å². The van der Waals surface area contributed by atoms with Gasteiger partial charge in [-0.05, 0) is 79.9 Å². The molecular weight excluding hydrogens is 543 g/mol. The van der Waals surface area contributed by atoms with Gasteiger partial charge in [0, 0.05) is 47.5 Å². The van der Waals surface area contributed by atoms with Crippen LogP contribution in [0, 0.1) is 18.8 Å². The highest BCUT2D eigenvalue weighted by Crippen LogP contribution is 2.34. The molecule has 3 N–H and O–H groups in total. The summed E-state index contributed by atoms with van der Waals surface area (Å²) >= 11 is 0. The smallest absolute Gasteiger partial charge is 0.353 e. The minimum Gasteiger partial charge on any atom is -0.353 e. The molecule has 214 valence electrons. The van der Waals surface area contributed by atoms with Gasteiger partial charge in [0.2, 0.25) is 5.95 Å². The van der Waals surface area contributed by atoms with E-state index in [0.717, 1.165) is 17.2 Å². The van der Waals surface area contributed by atoms with Crippen molar-refractivity contribution < 1.29 is 18.0 Å². The lowest BCUT2D eigenvalue weighted by Crippen LogP contribution is -2.31. The predicted octanol–water partition coefficient (Wildman–Crippen LogP) is 5.88. The van der Waals surface area contributed by atoms with Crippen molar-refractivity contribution in [1.29, 1.82) is 0 Å². The zero-order valence-electron chi connectivity index (χ0n) is 23.2. The summed E-state index contributed by atoms with van der Waals surface area (Å²) in [4.78, 5) is 17.5. The van der Waals surface area contributed by atoms with Gasteiger partial charge < -0.3 is 16.1 Å². The van der Waals surface area contributed by atoms with E-state index in [-0.39, 0.29) is 23.4 Å². The Balaban J connectivity index is 1.34. The SMILES string of the molecule is CCNc1nc2cc(C#Cc3cc(C(=O)Nc4ccc(CN5C=CC(C)=CN5)c(C(F)(F)F)c4)ccc3C)ccn2n1. The molecule has 3 heterocycles. The van der Waals surface area contributed by atoms with Crippen molar-refractivity contribution in [3.8, 4) is 11.8 Å². The summed E-state index contributed by atoms with van der Waals surface area (Å²) in [7, 11) is 0. The van der Waals surface area contributed by atoms with E-state index in [9.17, 15) is 18.0 Å². The number of alkyl halides is 3. The molecule has 8 nitrogen and oxygen atoms in total. The molecule has 0 unspecified atom stereocenters. The van der Waals surface area contributed by atoms with Gasteiger partial charge in [0.1, 0.15) is 0 Å². The van der Waals surface area contributed by atoms with Crippen molar-refractivity contribution in [3.05, 3.63) is 112 Å². The highest BCUT2D eigenvalue weighted by atomic mass is 19.4. The molecule has 42 heavy (non-hydrogen) atoms. The van der Waals surface area contributed by atoms with Crippen LogP contribution in [0.5, 0.6) is 0 Å². The summed E-state index contributed by atoms with van der Waals surface area (Å²) in [5.74, 6) is 6.17. The van der Waals surface area contributed by atoms with Crippen molar-refractivity contribution >= 4 is 23.2 Å². The van der Waals surface area contributed by atoms with Gasteiger partial charge in [-0.2, -0.15) is 18.2 Å². The summed E-state index contributed by atoms with van der Waals surface area (Å²) in [6.07, 6.45) is 2.35. The van der Waals surface area contributed by atoms with Crippen LogP contribution in [0.2, 0.25) is 0 Å². The van der Waals surface area contributed by atoms with E-state index in [4.69, 9.17) is 0 Å². The van der Waals surface area contributed by atoms with Gasteiger partial charge in [0.25, 0.3) is 5.91 Å². The van der Waals surface area contributed by atoms with Crippen molar-refractivity contribution in [2.75, 3.05) is 17.2 Å². The number of nitrogens with zero attached hydrogens (tertiary/aromatic N) is 4. The molecule has 1 aliphatic rings. The molecule has 2 aromatic carbocycles. The number of anilines is 2. The molecule has 5 rings (SSSR count). The highest BCUT2D eigenvalue weighted by molar-refractivity contribution is 6.04. The number of hydrazine groups is 1. The number of aryl methyl sites for hydroxylation is 1. The molecule has 1 aliphatic heterocycles. The summed E-state index contributed by atoms with van der Waals surface area (Å²) < 4.78 is 43.5. The van der Waals surface area contributed by atoms with Gasteiger partial charge in [-0.1, -0.05) is 24.0 Å². The first-order chi connectivity index (χ1) is 20.1. The van der Waals surface area contributed by atoms with E-state index >= 15 is 0 Å². The zero-order chi connectivity index (χ0) is 29.9. The van der Waals surface area contributed by atoms with E-state index in [0.29, 0.717) is 29.3 Å². The molecule has 2 aromatic heterocycles. The molecule has 0 saturated heterocycles. The Bertz CT molecular complexity index is 1780. The predicted molar refractivity (Wildman–Crippen MR) is 155 cm³/mol. The van der Waals surface area contributed by atoms with Gasteiger partial charge in [-0.3, -0.25) is 9.80 Å². The van der Waals surface area contributed by atoms with Gasteiger partial charge >= 0.3 is 6.18 Å². The number of aromatic nitrogens is 3. The summed E-state index contributed by atoms with van der Waals surface area (Å²) in [5.41, 5.74) is 6.29. The van der Waals surface area contributed by atoms with Crippen LogP contribution in [0.25, 0.3) is 5.65 Å². The Labute approximate surface area is 240 Å². The van der Waals surface area contributed by atoms with Crippen LogP contribution in [-0.4, -0.2) is 32.1 Å². The average molecular weight is 572 g/mol. The van der Waals surface area contributed by atoms with Gasteiger partial charge in [-0.15, -0.1) is 5.10 Å². The molecule has 0 aliphatic carbocycles. The molecule has 0 bridgehead atoms. The number of amides is 1. The number of carbonyl (C=O) groups is 1. The van der Waals surface area contributed by atoms with E-state index in [1.165, 1.54) is 12.1 Å². The van der Waals surface area contributed by atoms with Crippen molar-refractivity contribution in [2.24, 2.45) is 0 Å². The number of allylic oxidation sites excluding steroid dienone is 2. The third-order valence-electron chi connectivity index (χ3n) is 6.50. The summed E-state index contributed by atoms with van der Waals surface area (Å²) in [6, 6.07) is 12.4. The number of benzene rings is 2. The third-order valence-corrected chi connectivity index (χ3v) is 6.50. The van der Waals surface area contributed by atoms with Crippen molar-refractivity contribution in [3.63, 3.8) is 0 Å². The van der Waals surface area contributed by atoms with E-state index in [2.05, 4.69) is 38.0 Å². The minimum absolute atomic E-state index is 0.00976. The second-order valence-corrected chi connectivity index (χ2v) is 9.75. The lowest BCUT2D eigenvalue weighted by atomic mass is 10.0. The molecular formula is C31H28F3N7O. The third kappa shape index (κ3) is 6.55. The van der Waals surface area contributed by atoms with Gasteiger partial charge in [0.05, 0.1) is 12.1 Å². The molecule has 0 radical (unpaired) electrons. The molecule has 4 aromatic rings. The second-order valence-electron chi connectivity index (χ2n) is 9.75. The first-order valence-electron chi connectivity index (χ1n) is 13.2. The molecule has 1 amide bonds. The maximum atomic E-state index is 13.9. The average Bonchev–Trinajstić information content (AvgIpc) is 3.36. The van der Waals surface area contributed by atoms with Crippen LogP contribution in [-0.2, 0) is 12.7 Å². The van der Waals surface area contributed by atoms with Crippen LogP contribution in [0.1, 0.15) is 52.0 Å². The number of hydrogen-bond acceptors (Lipinski definition) is 6. The number of hydrogen-bond donors (Lipinski definition) is 3. The maximum absolute atomic E-state index is 13.9. The van der Waals surface area contributed by atoms with Crippen LogP contribution >= 0.6 is 0 Å². The van der Waals surface area contributed by atoms with E-state index in [1.807, 2.05) is 32.9 Å². The maximum Gasteiger partial charge on any atom is 0.416 e. The normalized spacial score (nSPS) is 12.8. The zero-order valence-corrected chi connectivity index (χ0v) is 23.2. The number of nitrogens with one attached hydrogen (secondary N) is 3. The number of halogens is 3. The van der Waals surface area contributed by atoms with Crippen molar-refractivity contribution in [2.45, 2.75) is 33.5 Å². The topological polar surface area (TPSA) is 86.6 Å². The largest absolute Gasteiger partial charge is 0.416 e. The lowest BCUT2D eigenvalue weighted by molar-refractivity contribution is -0.138. The molecule has 0 spiro atoms. The fourth-order valence-corrected chi connectivity index (χ4v) is 4.25. The molecule has 0 fully saturated rings. The molecule has 0 saturated carbocycles. The van der Waals surface area contributed by atoms with Crippen LogP contribution in [0.4, 0.5) is 24.8 Å². The Morgan fingerprint density at radius 1 is 1.07 bits per heavy atom. The Hall–Kier alpha value is -5.24. The first-order valence-corrected chi connectivity index (χ1v) is 13.2. The van der Waals surface area contributed by atoms with Crippen LogP contribution in [0.3, 0.4) is 0 Å². The number of fused-ring (bicyclic) bond motifs is 1. The monoisotopic (exact) mass is 571 g/mol. The van der Waals surface area contributed by atoms with Crippen LogP contribution in [0.15, 0.2) is 78.8 Å². The molecule has 11 heteroatoms. The fraction of sp³-hybridized carbons (Fsp3) is 0.194. The van der Waals surface area contributed by atoms with Gasteiger partial charge in [-0.25, -0.2) is 4.52 Å². The van der Waals surface area contributed by atoms with Crippen LogP contribution < -0.4 is 16.1 Å². The number of rotatable bonds is 6. The molecule has 0 atom stereocenters. The van der Waals surface area contributed by atoms with Gasteiger partial charge in [0.15, 0.2) is 5.65 Å². The van der Waals surface area contributed by atoms with E-state index in [1.54, 1.807) is 52.4 Å². The fourth-order valence-electron chi connectivity index (χ4n) is 4.25. The Kier molecular flexibility index (Phi) is 7.88. The second kappa shape index (κ2) is 11.7. The summed E-state index contributed by atoms with van der Waals surface area (Å²) in [6.45, 7) is 6.40.